The van der Waals surface area contributed by atoms with Crippen LogP contribution in [0.4, 0.5) is 0 Å². The maximum absolute atomic E-state index is 11.1. The molecule has 1 unspecified atom stereocenters. The first-order valence-corrected chi connectivity index (χ1v) is 7.72. The number of hydrogen-bond donors (Lipinski definition) is 1. The van der Waals surface area contributed by atoms with E-state index in [0.29, 0.717) is 19.3 Å². The summed E-state index contributed by atoms with van der Waals surface area (Å²) in [5, 5.41) is 9.09. The van der Waals surface area contributed by atoms with Gasteiger partial charge in [-0.1, -0.05) is 28.1 Å². The molecular formula is C16H15BrN2O2. The normalized spacial score (nSPS) is 17.3. The number of carboxylic acid groups (broad SMARTS) is 1. The van der Waals surface area contributed by atoms with Crippen LogP contribution in [0.1, 0.15) is 29.1 Å². The molecule has 2 aromatic rings. The summed E-state index contributed by atoms with van der Waals surface area (Å²) >= 11 is 3.46. The van der Waals surface area contributed by atoms with Crippen LogP contribution < -0.4 is 0 Å². The standard InChI is InChI=1S/C16H15BrN2O2/c17-13-3-1-2-10(6-13)7-15-18-9-12-8-11(16(20)21)4-5-14(12)19-15/h1-3,6,9,11H,4-5,7-8H2,(H,20,21). The van der Waals surface area contributed by atoms with Crippen LogP contribution >= 0.6 is 15.9 Å². The SMILES string of the molecule is O=C(O)C1CCc2nc(Cc3cccc(Br)c3)ncc2C1. The molecule has 0 aliphatic heterocycles. The van der Waals surface area contributed by atoms with Crippen molar-refractivity contribution in [3.05, 3.63) is 57.6 Å². The van der Waals surface area contributed by atoms with Crippen molar-refractivity contribution in [3.8, 4) is 0 Å². The summed E-state index contributed by atoms with van der Waals surface area (Å²) < 4.78 is 1.04. The molecule has 0 radical (unpaired) electrons. The van der Waals surface area contributed by atoms with Crippen molar-refractivity contribution < 1.29 is 9.90 Å². The predicted octanol–water partition coefficient (Wildman–Crippen LogP) is 3.02. The maximum atomic E-state index is 11.1. The lowest BCUT2D eigenvalue weighted by Gasteiger charge is -2.20. The fourth-order valence-corrected chi connectivity index (χ4v) is 3.12. The molecule has 1 atom stereocenters. The van der Waals surface area contributed by atoms with E-state index in [1.165, 1.54) is 0 Å². The van der Waals surface area contributed by atoms with Crippen molar-refractivity contribution in [1.29, 1.82) is 0 Å². The minimum absolute atomic E-state index is 0.294. The van der Waals surface area contributed by atoms with Crippen LogP contribution in [0.15, 0.2) is 34.9 Å². The third-order valence-electron chi connectivity index (χ3n) is 3.80. The number of hydrogen-bond acceptors (Lipinski definition) is 3. The summed E-state index contributed by atoms with van der Waals surface area (Å²) in [6.45, 7) is 0. The van der Waals surface area contributed by atoms with Crippen LogP contribution in [0.25, 0.3) is 0 Å². The average molecular weight is 347 g/mol. The van der Waals surface area contributed by atoms with Crippen molar-refractivity contribution in [1.82, 2.24) is 9.97 Å². The monoisotopic (exact) mass is 346 g/mol. The van der Waals surface area contributed by atoms with Gasteiger partial charge in [0.1, 0.15) is 5.82 Å². The first-order chi connectivity index (χ1) is 10.1. The second kappa shape index (κ2) is 5.93. The van der Waals surface area contributed by atoms with E-state index >= 15 is 0 Å². The Labute approximate surface area is 131 Å². The Morgan fingerprint density at radius 2 is 2.29 bits per heavy atom. The number of halogens is 1. The van der Waals surface area contributed by atoms with E-state index in [1.807, 2.05) is 18.2 Å². The van der Waals surface area contributed by atoms with Gasteiger partial charge in [0.05, 0.1) is 5.92 Å². The van der Waals surface area contributed by atoms with Crippen LogP contribution in [-0.2, 0) is 24.1 Å². The maximum Gasteiger partial charge on any atom is 0.306 e. The number of aliphatic carboxylic acids is 1. The molecule has 0 saturated carbocycles. The Bertz CT molecular complexity index is 688. The smallest absolute Gasteiger partial charge is 0.306 e. The second-order valence-corrected chi connectivity index (χ2v) is 6.26. The van der Waals surface area contributed by atoms with Crippen LogP contribution in [0.2, 0.25) is 0 Å². The minimum Gasteiger partial charge on any atom is -0.481 e. The van der Waals surface area contributed by atoms with Crippen LogP contribution in [0.5, 0.6) is 0 Å². The molecular weight excluding hydrogens is 332 g/mol. The lowest BCUT2D eigenvalue weighted by atomic mass is 9.87. The van der Waals surface area contributed by atoms with Gasteiger partial charge in [-0.05, 0) is 42.5 Å². The molecule has 1 aliphatic rings. The van der Waals surface area contributed by atoms with Gasteiger partial charge in [-0.2, -0.15) is 0 Å². The van der Waals surface area contributed by atoms with Gasteiger partial charge in [0.25, 0.3) is 0 Å². The molecule has 0 saturated heterocycles. The highest BCUT2D eigenvalue weighted by Gasteiger charge is 2.25. The Balaban J connectivity index is 1.79. The fourth-order valence-electron chi connectivity index (χ4n) is 2.67. The van der Waals surface area contributed by atoms with Gasteiger partial charge in [-0.15, -0.1) is 0 Å². The van der Waals surface area contributed by atoms with E-state index in [9.17, 15) is 4.79 Å². The Morgan fingerprint density at radius 1 is 1.43 bits per heavy atom. The quantitative estimate of drug-likeness (QED) is 0.927. The van der Waals surface area contributed by atoms with Gasteiger partial charge in [0.2, 0.25) is 0 Å². The minimum atomic E-state index is -0.723. The Morgan fingerprint density at radius 3 is 3.05 bits per heavy atom. The summed E-state index contributed by atoms with van der Waals surface area (Å²) in [6.07, 6.45) is 4.41. The number of benzene rings is 1. The van der Waals surface area contributed by atoms with Gasteiger partial charge < -0.3 is 5.11 Å². The van der Waals surface area contributed by atoms with E-state index in [-0.39, 0.29) is 5.92 Å². The molecule has 1 aromatic carbocycles. The van der Waals surface area contributed by atoms with Crippen LogP contribution in [0, 0.1) is 5.92 Å². The summed E-state index contributed by atoms with van der Waals surface area (Å²) in [5.41, 5.74) is 3.14. The van der Waals surface area contributed by atoms with Crippen LogP contribution in [0.3, 0.4) is 0 Å². The highest BCUT2D eigenvalue weighted by Crippen LogP contribution is 2.24. The highest BCUT2D eigenvalue weighted by atomic mass is 79.9. The van der Waals surface area contributed by atoms with Crippen molar-refractivity contribution in [2.45, 2.75) is 25.7 Å². The van der Waals surface area contributed by atoms with Crippen molar-refractivity contribution in [2.75, 3.05) is 0 Å². The third kappa shape index (κ3) is 3.29. The molecule has 0 fully saturated rings. The van der Waals surface area contributed by atoms with Gasteiger partial charge >= 0.3 is 5.97 Å². The topological polar surface area (TPSA) is 63.1 Å². The number of rotatable bonds is 3. The number of nitrogens with zero attached hydrogens (tertiary/aromatic N) is 2. The molecule has 1 heterocycles. The van der Waals surface area contributed by atoms with Crippen molar-refractivity contribution in [2.24, 2.45) is 5.92 Å². The van der Waals surface area contributed by atoms with E-state index < -0.39 is 5.97 Å². The highest BCUT2D eigenvalue weighted by molar-refractivity contribution is 9.10. The summed E-state index contributed by atoms with van der Waals surface area (Å²) in [4.78, 5) is 20.1. The number of aromatic nitrogens is 2. The molecule has 1 N–H and O–H groups in total. The lowest BCUT2D eigenvalue weighted by Crippen LogP contribution is -2.23. The molecule has 1 aromatic heterocycles. The molecule has 1 aliphatic carbocycles. The van der Waals surface area contributed by atoms with Crippen molar-refractivity contribution in [3.63, 3.8) is 0 Å². The zero-order chi connectivity index (χ0) is 14.8. The van der Waals surface area contributed by atoms with E-state index in [1.54, 1.807) is 6.20 Å². The Kier molecular flexibility index (Phi) is 4.01. The zero-order valence-corrected chi connectivity index (χ0v) is 13.0. The molecule has 3 rings (SSSR count). The van der Waals surface area contributed by atoms with Gasteiger partial charge in [-0.25, -0.2) is 9.97 Å². The number of carboxylic acids is 1. The average Bonchev–Trinajstić information content (AvgIpc) is 2.46. The van der Waals surface area contributed by atoms with Crippen LogP contribution in [-0.4, -0.2) is 21.0 Å². The number of carbonyl (C=O) groups is 1. The molecule has 21 heavy (non-hydrogen) atoms. The largest absolute Gasteiger partial charge is 0.481 e. The van der Waals surface area contributed by atoms with Gasteiger partial charge in [0.15, 0.2) is 0 Å². The number of aryl methyl sites for hydroxylation is 1. The zero-order valence-electron chi connectivity index (χ0n) is 11.4. The molecule has 0 spiro atoms. The predicted molar refractivity (Wildman–Crippen MR) is 82.1 cm³/mol. The summed E-state index contributed by atoms with van der Waals surface area (Å²) in [6, 6.07) is 8.09. The molecule has 0 amide bonds. The van der Waals surface area contributed by atoms with Gasteiger partial charge in [0, 0.05) is 22.8 Å². The summed E-state index contributed by atoms with van der Waals surface area (Å²) in [5.74, 6) is -0.225. The van der Waals surface area contributed by atoms with Gasteiger partial charge in [-0.3, -0.25) is 4.79 Å². The van der Waals surface area contributed by atoms with E-state index in [0.717, 1.165) is 33.5 Å². The third-order valence-corrected chi connectivity index (χ3v) is 4.29. The number of fused-ring (bicyclic) bond motifs is 1. The summed E-state index contributed by atoms with van der Waals surface area (Å²) in [7, 11) is 0. The first-order valence-electron chi connectivity index (χ1n) is 6.93. The molecule has 5 heteroatoms. The first kappa shape index (κ1) is 14.2. The van der Waals surface area contributed by atoms with E-state index in [4.69, 9.17) is 5.11 Å². The molecule has 4 nitrogen and oxygen atoms in total. The molecule has 108 valence electrons. The Hall–Kier alpha value is -1.75. The van der Waals surface area contributed by atoms with Crippen molar-refractivity contribution >= 4 is 21.9 Å². The van der Waals surface area contributed by atoms with E-state index in [2.05, 4.69) is 32.0 Å². The fraction of sp³-hybridized carbons (Fsp3) is 0.312. The molecule has 0 bridgehead atoms. The second-order valence-electron chi connectivity index (χ2n) is 5.34. The lowest BCUT2D eigenvalue weighted by molar-refractivity contribution is -0.142.